The van der Waals surface area contributed by atoms with Crippen LogP contribution in [0.1, 0.15) is 18.4 Å². The predicted octanol–water partition coefficient (Wildman–Crippen LogP) is 2.20. The highest BCUT2D eigenvalue weighted by atomic mass is 79.9. The molecule has 2 rings (SSSR count). The Labute approximate surface area is 143 Å². The van der Waals surface area contributed by atoms with Crippen LogP contribution in [0.5, 0.6) is 0 Å². The van der Waals surface area contributed by atoms with E-state index in [1.165, 1.54) is 10.4 Å². The van der Waals surface area contributed by atoms with Gasteiger partial charge in [-0.3, -0.25) is 10.1 Å². The lowest BCUT2D eigenvalue weighted by molar-refractivity contribution is -0.385. The van der Waals surface area contributed by atoms with Crippen molar-refractivity contribution in [3.63, 3.8) is 0 Å². The van der Waals surface area contributed by atoms with E-state index in [9.17, 15) is 18.5 Å². The highest BCUT2D eigenvalue weighted by Gasteiger charge is 2.30. The summed E-state index contributed by atoms with van der Waals surface area (Å²) in [4.78, 5) is 10.4. The smallest absolute Gasteiger partial charge is 0.274 e. The van der Waals surface area contributed by atoms with Gasteiger partial charge < -0.3 is 5.73 Å². The van der Waals surface area contributed by atoms with Crippen LogP contribution in [0.25, 0.3) is 0 Å². The average molecular weight is 415 g/mol. The highest BCUT2D eigenvalue weighted by molar-refractivity contribution is 9.10. The fourth-order valence-corrected chi connectivity index (χ4v) is 4.36. The van der Waals surface area contributed by atoms with Crippen LogP contribution in [-0.2, 0) is 10.0 Å². The number of nitro benzene ring substituents is 1. The van der Waals surface area contributed by atoms with Gasteiger partial charge in [-0.15, -0.1) is 12.4 Å². The second kappa shape index (κ2) is 7.22. The first kappa shape index (κ1) is 19.3. The molecule has 1 aliphatic heterocycles. The van der Waals surface area contributed by atoms with Gasteiger partial charge in [0.1, 0.15) is 0 Å². The molecule has 2 N–H and O–H groups in total. The van der Waals surface area contributed by atoms with Crippen molar-refractivity contribution in [1.82, 2.24) is 4.31 Å². The molecule has 0 saturated carbocycles. The van der Waals surface area contributed by atoms with E-state index in [1.54, 1.807) is 6.92 Å². The van der Waals surface area contributed by atoms with Crippen molar-refractivity contribution >= 4 is 44.0 Å². The van der Waals surface area contributed by atoms with Crippen LogP contribution in [0, 0.1) is 17.0 Å². The standard InChI is InChI=1S/C12H16BrN3O4S.ClH/c1-8-11(13)6-10(7-12(8)16(17)18)21(19,20)15-4-2-9(14)3-5-15;/h6-7,9H,2-5,14H2,1H3;1H. The van der Waals surface area contributed by atoms with E-state index in [4.69, 9.17) is 5.73 Å². The Morgan fingerprint density at radius 1 is 1.36 bits per heavy atom. The van der Waals surface area contributed by atoms with Gasteiger partial charge in [-0.25, -0.2) is 8.42 Å². The maximum atomic E-state index is 12.6. The minimum atomic E-state index is -3.74. The minimum Gasteiger partial charge on any atom is -0.328 e. The summed E-state index contributed by atoms with van der Waals surface area (Å²) in [6.45, 7) is 2.24. The largest absolute Gasteiger partial charge is 0.328 e. The number of halogens is 2. The van der Waals surface area contributed by atoms with Crippen LogP contribution in [0.2, 0.25) is 0 Å². The van der Waals surface area contributed by atoms with Crippen LogP contribution >= 0.6 is 28.3 Å². The second-order valence-corrected chi connectivity index (χ2v) is 7.84. The summed E-state index contributed by atoms with van der Waals surface area (Å²) in [7, 11) is -3.74. The summed E-state index contributed by atoms with van der Waals surface area (Å²) >= 11 is 3.18. The quantitative estimate of drug-likeness (QED) is 0.603. The summed E-state index contributed by atoms with van der Waals surface area (Å²) in [5.41, 5.74) is 5.96. The zero-order valence-corrected chi connectivity index (χ0v) is 15.1. The predicted molar refractivity (Wildman–Crippen MR) is 88.7 cm³/mol. The van der Waals surface area contributed by atoms with Crippen LogP contribution in [0.3, 0.4) is 0 Å². The fourth-order valence-electron chi connectivity index (χ4n) is 2.24. The molecular weight excluding hydrogens is 398 g/mol. The molecular formula is C12H17BrClN3O4S. The number of piperidine rings is 1. The third-order valence-electron chi connectivity index (χ3n) is 3.62. The number of nitrogens with zero attached hydrogens (tertiary/aromatic N) is 2. The molecule has 10 heteroatoms. The minimum absolute atomic E-state index is 0. The number of hydrogen-bond acceptors (Lipinski definition) is 5. The van der Waals surface area contributed by atoms with Crippen molar-refractivity contribution < 1.29 is 13.3 Å². The van der Waals surface area contributed by atoms with E-state index in [1.807, 2.05) is 0 Å². The van der Waals surface area contributed by atoms with Gasteiger partial charge >= 0.3 is 0 Å². The van der Waals surface area contributed by atoms with E-state index in [0.717, 1.165) is 6.07 Å². The molecule has 1 saturated heterocycles. The molecule has 1 aromatic carbocycles. The Morgan fingerprint density at radius 3 is 2.41 bits per heavy atom. The van der Waals surface area contributed by atoms with Crippen molar-refractivity contribution in [1.29, 1.82) is 0 Å². The molecule has 124 valence electrons. The average Bonchev–Trinajstić information content (AvgIpc) is 2.41. The van der Waals surface area contributed by atoms with Crippen LogP contribution < -0.4 is 5.73 Å². The molecule has 0 aliphatic carbocycles. The first-order valence-electron chi connectivity index (χ1n) is 6.43. The molecule has 1 aliphatic rings. The molecule has 0 aromatic heterocycles. The Bertz CT molecular complexity index is 675. The lowest BCUT2D eigenvalue weighted by atomic mass is 10.1. The SMILES string of the molecule is Cc1c(Br)cc(S(=O)(=O)N2CCC(N)CC2)cc1[N+](=O)[O-].Cl. The maximum Gasteiger partial charge on any atom is 0.274 e. The van der Waals surface area contributed by atoms with Gasteiger partial charge in [0, 0.05) is 35.2 Å². The summed E-state index contributed by atoms with van der Waals surface area (Å²) in [5, 5.41) is 11.0. The molecule has 22 heavy (non-hydrogen) atoms. The van der Waals surface area contributed by atoms with Gasteiger partial charge in [-0.05, 0) is 25.8 Å². The van der Waals surface area contributed by atoms with Gasteiger partial charge in [-0.2, -0.15) is 4.31 Å². The molecule has 1 aromatic rings. The zero-order valence-electron chi connectivity index (χ0n) is 11.9. The molecule has 0 spiro atoms. The molecule has 0 bridgehead atoms. The van der Waals surface area contributed by atoms with E-state index in [-0.39, 0.29) is 29.0 Å². The monoisotopic (exact) mass is 413 g/mol. The highest BCUT2D eigenvalue weighted by Crippen LogP contribution is 2.31. The molecule has 0 amide bonds. The Kier molecular flexibility index (Phi) is 6.34. The lowest BCUT2D eigenvalue weighted by Crippen LogP contribution is -2.42. The lowest BCUT2D eigenvalue weighted by Gasteiger charge is -2.29. The molecule has 1 heterocycles. The van der Waals surface area contributed by atoms with Gasteiger partial charge in [0.2, 0.25) is 10.0 Å². The zero-order chi connectivity index (χ0) is 15.8. The maximum absolute atomic E-state index is 12.6. The van der Waals surface area contributed by atoms with Gasteiger partial charge in [0.25, 0.3) is 5.69 Å². The third-order valence-corrected chi connectivity index (χ3v) is 6.32. The van der Waals surface area contributed by atoms with Crippen molar-refractivity contribution in [2.75, 3.05) is 13.1 Å². The Balaban J connectivity index is 0.00000242. The van der Waals surface area contributed by atoms with E-state index in [2.05, 4.69) is 15.9 Å². The van der Waals surface area contributed by atoms with Crippen LogP contribution in [0.4, 0.5) is 5.69 Å². The van der Waals surface area contributed by atoms with Gasteiger partial charge in [0.15, 0.2) is 0 Å². The topological polar surface area (TPSA) is 107 Å². The molecule has 0 atom stereocenters. The van der Waals surface area contributed by atoms with Crippen molar-refractivity contribution in [3.05, 3.63) is 32.3 Å². The number of benzene rings is 1. The fraction of sp³-hybridized carbons (Fsp3) is 0.500. The first-order valence-corrected chi connectivity index (χ1v) is 8.67. The van der Waals surface area contributed by atoms with Crippen LogP contribution in [-0.4, -0.2) is 36.8 Å². The van der Waals surface area contributed by atoms with Gasteiger partial charge in [-0.1, -0.05) is 15.9 Å². The Morgan fingerprint density at radius 2 is 1.91 bits per heavy atom. The summed E-state index contributed by atoms with van der Waals surface area (Å²) in [6, 6.07) is 2.53. The number of nitro groups is 1. The normalized spacial score (nSPS) is 17.0. The van der Waals surface area contributed by atoms with E-state index in [0.29, 0.717) is 36.0 Å². The summed E-state index contributed by atoms with van der Waals surface area (Å²) in [5.74, 6) is 0. The third kappa shape index (κ3) is 3.77. The second-order valence-electron chi connectivity index (χ2n) is 5.05. The van der Waals surface area contributed by atoms with Crippen LogP contribution in [0.15, 0.2) is 21.5 Å². The molecule has 0 unspecified atom stereocenters. The number of hydrogen-bond donors (Lipinski definition) is 1. The van der Waals surface area contributed by atoms with Gasteiger partial charge in [0.05, 0.1) is 9.82 Å². The van der Waals surface area contributed by atoms with Crippen molar-refractivity contribution in [2.45, 2.75) is 30.7 Å². The van der Waals surface area contributed by atoms with Crippen molar-refractivity contribution in [2.24, 2.45) is 5.73 Å². The Hall–Kier alpha value is -0.740. The molecule has 1 fully saturated rings. The summed E-state index contributed by atoms with van der Waals surface area (Å²) < 4.78 is 26.9. The number of sulfonamides is 1. The summed E-state index contributed by atoms with van der Waals surface area (Å²) in [6.07, 6.45) is 1.18. The van der Waals surface area contributed by atoms with Crippen molar-refractivity contribution in [3.8, 4) is 0 Å². The van der Waals surface area contributed by atoms with E-state index < -0.39 is 14.9 Å². The molecule has 0 radical (unpaired) electrons. The number of rotatable bonds is 3. The van der Waals surface area contributed by atoms with E-state index >= 15 is 0 Å². The molecule has 7 nitrogen and oxygen atoms in total. The number of nitrogens with two attached hydrogens (primary N) is 1. The first-order chi connectivity index (χ1) is 9.73.